The largest absolute Gasteiger partial charge is 0.393 e. The van der Waals surface area contributed by atoms with Gasteiger partial charge in [0.2, 0.25) is 0 Å². The van der Waals surface area contributed by atoms with Crippen LogP contribution in [0.3, 0.4) is 0 Å². The Bertz CT molecular complexity index is 597. The van der Waals surface area contributed by atoms with Crippen LogP contribution in [-0.2, 0) is 0 Å². The van der Waals surface area contributed by atoms with Crippen LogP contribution in [0.25, 0.3) is 0 Å². The van der Waals surface area contributed by atoms with Crippen molar-refractivity contribution >= 4 is 0 Å². The molecule has 4 heteroatoms. The van der Waals surface area contributed by atoms with Crippen molar-refractivity contribution in [1.29, 1.82) is 0 Å². The fourth-order valence-corrected chi connectivity index (χ4v) is 9.32. The molecule has 5 N–H and O–H groups in total. The predicted molar refractivity (Wildman–Crippen MR) is 134 cm³/mol. The first-order valence-electron chi connectivity index (χ1n) is 14.2. The molecule has 4 rings (SSSR count). The van der Waals surface area contributed by atoms with E-state index in [2.05, 4.69) is 31.4 Å². The molecule has 0 aliphatic heterocycles. The summed E-state index contributed by atoms with van der Waals surface area (Å²) in [4.78, 5) is 0. The lowest BCUT2D eigenvalue weighted by Gasteiger charge is -2.61. The molecule has 4 fully saturated rings. The number of hydrogen-bond donors (Lipinski definition) is 4. The number of hydrogen-bond acceptors (Lipinski definition) is 4. The van der Waals surface area contributed by atoms with E-state index < -0.39 is 0 Å². The van der Waals surface area contributed by atoms with Gasteiger partial charge in [-0.25, -0.2) is 0 Å². The Kier molecular flexibility index (Phi) is 8.28. The molecule has 0 saturated heterocycles. The van der Waals surface area contributed by atoms with Gasteiger partial charge in [-0.2, -0.15) is 0 Å². The summed E-state index contributed by atoms with van der Waals surface area (Å²) in [6, 6.07) is 0.738. The Morgan fingerprint density at radius 3 is 2.41 bits per heavy atom. The molecule has 32 heavy (non-hydrogen) atoms. The Morgan fingerprint density at radius 2 is 1.62 bits per heavy atom. The maximum absolute atomic E-state index is 10.5. The van der Waals surface area contributed by atoms with Crippen molar-refractivity contribution in [1.82, 2.24) is 10.6 Å². The molecule has 0 radical (unpaired) electrons. The average molecular weight is 448 g/mol. The lowest BCUT2D eigenvalue weighted by atomic mass is 9.44. The van der Waals surface area contributed by atoms with E-state index in [-0.39, 0.29) is 6.10 Å². The van der Waals surface area contributed by atoms with Crippen molar-refractivity contribution in [2.45, 2.75) is 110 Å². The highest BCUT2D eigenvalue weighted by atomic mass is 16.3. The summed E-state index contributed by atoms with van der Waals surface area (Å²) in [5.41, 5.74) is 6.53. The van der Waals surface area contributed by atoms with Gasteiger partial charge in [-0.15, -0.1) is 0 Å². The zero-order chi connectivity index (χ0) is 22.8. The molecule has 0 aromatic heterocycles. The van der Waals surface area contributed by atoms with Crippen molar-refractivity contribution in [3.05, 3.63) is 0 Å². The highest BCUT2D eigenvalue weighted by Crippen LogP contribution is 2.67. The Morgan fingerprint density at radius 1 is 0.875 bits per heavy atom. The van der Waals surface area contributed by atoms with Crippen LogP contribution in [0, 0.1) is 40.4 Å². The summed E-state index contributed by atoms with van der Waals surface area (Å²) >= 11 is 0. The topological polar surface area (TPSA) is 70.3 Å². The van der Waals surface area contributed by atoms with Crippen molar-refractivity contribution in [3.8, 4) is 0 Å². The zero-order valence-corrected chi connectivity index (χ0v) is 21.4. The second kappa shape index (κ2) is 10.6. The van der Waals surface area contributed by atoms with Crippen LogP contribution in [0.2, 0.25) is 0 Å². The minimum Gasteiger partial charge on any atom is -0.393 e. The quantitative estimate of drug-likeness (QED) is 0.366. The third-order valence-electron chi connectivity index (χ3n) is 11.1. The molecule has 4 nitrogen and oxygen atoms in total. The number of unbranched alkanes of at least 4 members (excludes halogenated alkanes) is 1. The van der Waals surface area contributed by atoms with Gasteiger partial charge in [0.05, 0.1) is 6.10 Å². The molecule has 186 valence electrons. The van der Waals surface area contributed by atoms with Crippen molar-refractivity contribution in [3.63, 3.8) is 0 Å². The number of nitrogens with two attached hydrogens (primary N) is 1. The Balaban J connectivity index is 1.26. The monoisotopic (exact) mass is 447 g/mol. The van der Waals surface area contributed by atoms with Crippen LogP contribution in [0.5, 0.6) is 0 Å². The van der Waals surface area contributed by atoms with Gasteiger partial charge in [-0.1, -0.05) is 13.8 Å². The maximum Gasteiger partial charge on any atom is 0.0545 e. The van der Waals surface area contributed by atoms with Crippen molar-refractivity contribution in [2.75, 3.05) is 26.2 Å². The molecule has 0 heterocycles. The molecule has 4 aliphatic carbocycles. The second-order valence-electron chi connectivity index (χ2n) is 12.7. The third kappa shape index (κ3) is 4.81. The van der Waals surface area contributed by atoms with Crippen LogP contribution in [0.15, 0.2) is 0 Å². The first-order valence-corrected chi connectivity index (χ1v) is 14.2. The number of aliphatic hydroxyl groups excluding tert-OH is 1. The molecule has 9 atom stereocenters. The van der Waals surface area contributed by atoms with Crippen LogP contribution in [0.4, 0.5) is 0 Å². The maximum atomic E-state index is 10.5. The van der Waals surface area contributed by atoms with Crippen molar-refractivity contribution in [2.24, 2.45) is 46.2 Å². The molecule has 0 aromatic carbocycles. The summed E-state index contributed by atoms with van der Waals surface area (Å²) < 4.78 is 0. The zero-order valence-electron chi connectivity index (χ0n) is 21.4. The molecular formula is C28H53N3O. The Labute approximate surface area is 198 Å². The number of rotatable bonds is 10. The normalized spacial score (nSPS) is 44.5. The first-order chi connectivity index (χ1) is 15.4. The van der Waals surface area contributed by atoms with E-state index in [1.54, 1.807) is 0 Å². The number of nitrogens with one attached hydrogen (secondary N) is 2. The van der Waals surface area contributed by atoms with Gasteiger partial charge in [0, 0.05) is 6.04 Å². The SMILES string of the molecule is C[C@@H](O)C1CCC2C3CC[C@H]4C[C@@H](NCCCNCCCCN)CC[C@]4(C)C3CC[C@@]21C. The molecule has 0 bridgehead atoms. The van der Waals surface area contributed by atoms with E-state index in [1.807, 2.05) is 0 Å². The lowest BCUT2D eigenvalue weighted by molar-refractivity contribution is -0.121. The van der Waals surface area contributed by atoms with Crippen LogP contribution in [-0.4, -0.2) is 43.4 Å². The molecule has 0 amide bonds. The summed E-state index contributed by atoms with van der Waals surface area (Å²) in [5.74, 6) is 4.18. The average Bonchev–Trinajstić information content (AvgIpc) is 3.13. The fourth-order valence-electron chi connectivity index (χ4n) is 9.32. The van der Waals surface area contributed by atoms with Gasteiger partial charge in [0.15, 0.2) is 0 Å². The van der Waals surface area contributed by atoms with Gasteiger partial charge in [-0.05, 0) is 151 Å². The van der Waals surface area contributed by atoms with E-state index in [0.717, 1.165) is 62.3 Å². The van der Waals surface area contributed by atoms with Gasteiger partial charge < -0.3 is 21.5 Å². The fraction of sp³-hybridized carbons (Fsp3) is 1.00. The highest BCUT2D eigenvalue weighted by Gasteiger charge is 2.60. The first kappa shape index (κ1) is 24.9. The summed E-state index contributed by atoms with van der Waals surface area (Å²) in [5, 5.41) is 17.9. The summed E-state index contributed by atoms with van der Waals surface area (Å²) in [7, 11) is 0. The standard InChI is InChI=1S/C28H53N3O/c1-20(32)24-9-10-25-23-8-7-21-19-22(31-18-6-17-30-16-5-4-15-29)11-13-27(21,2)26(23)12-14-28(24,25)3/h20-26,30-32H,4-19,29H2,1-3H3/t20-,21+,22+,23?,24?,25?,26?,27+,28-/m1/s1. The minimum atomic E-state index is -0.129. The number of aliphatic hydroxyl groups is 1. The molecule has 0 aromatic rings. The minimum absolute atomic E-state index is 0.129. The second-order valence-corrected chi connectivity index (χ2v) is 12.7. The van der Waals surface area contributed by atoms with E-state index in [1.165, 1.54) is 70.6 Å². The van der Waals surface area contributed by atoms with Crippen LogP contribution >= 0.6 is 0 Å². The van der Waals surface area contributed by atoms with Gasteiger partial charge in [0.25, 0.3) is 0 Å². The van der Waals surface area contributed by atoms with Crippen molar-refractivity contribution < 1.29 is 5.11 Å². The van der Waals surface area contributed by atoms with Gasteiger partial charge >= 0.3 is 0 Å². The van der Waals surface area contributed by atoms with Crippen LogP contribution < -0.4 is 16.4 Å². The van der Waals surface area contributed by atoms with E-state index in [9.17, 15) is 5.11 Å². The highest BCUT2D eigenvalue weighted by molar-refractivity contribution is 5.10. The Hall–Kier alpha value is -0.160. The van der Waals surface area contributed by atoms with Crippen LogP contribution in [0.1, 0.15) is 97.8 Å². The number of fused-ring (bicyclic) bond motifs is 5. The van der Waals surface area contributed by atoms with E-state index in [4.69, 9.17) is 5.73 Å². The molecule has 4 aliphatic rings. The van der Waals surface area contributed by atoms with Gasteiger partial charge in [0.1, 0.15) is 0 Å². The summed E-state index contributed by atoms with van der Waals surface area (Å²) in [6.45, 7) is 11.5. The third-order valence-corrected chi connectivity index (χ3v) is 11.1. The molecule has 4 unspecified atom stereocenters. The van der Waals surface area contributed by atoms with Gasteiger partial charge in [-0.3, -0.25) is 0 Å². The molecule has 4 saturated carbocycles. The predicted octanol–water partition coefficient (Wildman–Crippen LogP) is 4.70. The smallest absolute Gasteiger partial charge is 0.0545 e. The molecule has 0 spiro atoms. The summed E-state index contributed by atoms with van der Waals surface area (Å²) in [6.07, 6.45) is 16.0. The van der Waals surface area contributed by atoms with E-state index in [0.29, 0.717) is 16.7 Å². The lowest BCUT2D eigenvalue weighted by Crippen LogP contribution is -2.55. The molecular weight excluding hydrogens is 394 g/mol. The van der Waals surface area contributed by atoms with E-state index >= 15 is 0 Å².